The van der Waals surface area contributed by atoms with Crippen LogP contribution in [0, 0.1) is 11.5 Å². The van der Waals surface area contributed by atoms with Crippen molar-refractivity contribution in [3.63, 3.8) is 0 Å². The molecule has 0 aliphatic heterocycles. The van der Waals surface area contributed by atoms with Crippen molar-refractivity contribution in [2.45, 2.75) is 38.1 Å². The average Bonchev–Trinajstić information content (AvgIpc) is 2.32. The molecular formula is C10H16OSi. The van der Waals surface area contributed by atoms with Crippen LogP contribution >= 0.6 is 0 Å². The Balaban J connectivity index is 2.71. The highest BCUT2D eigenvalue weighted by atomic mass is 28.3. The monoisotopic (exact) mass is 180 g/mol. The summed E-state index contributed by atoms with van der Waals surface area (Å²) in [6.07, 6.45) is 5.54. The van der Waals surface area contributed by atoms with Gasteiger partial charge < -0.3 is 5.11 Å². The highest BCUT2D eigenvalue weighted by Gasteiger charge is 2.23. The van der Waals surface area contributed by atoms with Crippen molar-refractivity contribution in [2.75, 3.05) is 0 Å². The minimum atomic E-state index is -1.33. The third-order valence-corrected chi connectivity index (χ3v) is 2.61. The van der Waals surface area contributed by atoms with Crippen molar-refractivity contribution in [1.82, 2.24) is 0 Å². The van der Waals surface area contributed by atoms with Crippen molar-refractivity contribution in [3.8, 4) is 11.5 Å². The van der Waals surface area contributed by atoms with E-state index in [1.807, 2.05) is 12.2 Å². The number of allylic oxidation sites excluding steroid dienone is 1. The van der Waals surface area contributed by atoms with Gasteiger partial charge in [0.05, 0.1) is 0 Å². The zero-order chi connectivity index (χ0) is 9.24. The van der Waals surface area contributed by atoms with Crippen LogP contribution in [0.3, 0.4) is 0 Å². The van der Waals surface area contributed by atoms with Crippen molar-refractivity contribution in [1.29, 1.82) is 0 Å². The van der Waals surface area contributed by atoms with E-state index >= 15 is 0 Å². The smallest absolute Gasteiger partial charge is 0.143 e. The summed E-state index contributed by atoms with van der Waals surface area (Å²) in [7, 11) is -1.33. The van der Waals surface area contributed by atoms with Gasteiger partial charge in [-0.1, -0.05) is 31.6 Å². The van der Waals surface area contributed by atoms with Gasteiger partial charge in [-0.2, -0.15) is 0 Å². The van der Waals surface area contributed by atoms with E-state index in [0.717, 1.165) is 12.8 Å². The van der Waals surface area contributed by atoms with E-state index in [1.165, 1.54) is 0 Å². The van der Waals surface area contributed by atoms with Gasteiger partial charge in [0.15, 0.2) is 0 Å². The molecule has 1 unspecified atom stereocenters. The summed E-state index contributed by atoms with van der Waals surface area (Å²) < 4.78 is 0. The minimum absolute atomic E-state index is 0.768. The topological polar surface area (TPSA) is 20.2 Å². The molecule has 0 aromatic rings. The summed E-state index contributed by atoms with van der Waals surface area (Å²) in [6.45, 7) is 6.55. The van der Waals surface area contributed by atoms with Crippen LogP contribution < -0.4 is 0 Å². The normalized spacial score (nSPS) is 28.3. The first-order valence-corrected chi connectivity index (χ1v) is 7.86. The first-order valence-electron chi connectivity index (χ1n) is 4.36. The zero-order valence-electron chi connectivity index (χ0n) is 8.02. The van der Waals surface area contributed by atoms with Crippen molar-refractivity contribution in [2.24, 2.45) is 0 Å². The average molecular weight is 180 g/mol. The Kier molecular flexibility index (Phi) is 2.46. The molecule has 1 N–H and O–H groups in total. The summed E-state index contributed by atoms with van der Waals surface area (Å²) in [5.74, 6) is 2.98. The van der Waals surface area contributed by atoms with Crippen molar-refractivity contribution >= 4 is 8.07 Å². The fraction of sp³-hybridized carbons (Fsp3) is 0.600. The maximum atomic E-state index is 9.82. The first kappa shape index (κ1) is 9.56. The number of hydrogen-bond acceptors (Lipinski definition) is 1. The standard InChI is InChI=1S/C10H16OSi/c1-12(2,3)9-8-10(11)6-4-5-7-10/h4,6,11H,5,7H2,1-3H3. The van der Waals surface area contributed by atoms with Crippen LogP contribution in [0.1, 0.15) is 12.8 Å². The molecule has 1 rings (SSSR count). The fourth-order valence-corrected chi connectivity index (χ4v) is 1.66. The van der Waals surface area contributed by atoms with Gasteiger partial charge in [0.1, 0.15) is 13.7 Å². The van der Waals surface area contributed by atoms with Gasteiger partial charge >= 0.3 is 0 Å². The Labute approximate surface area is 75.5 Å². The van der Waals surface area contributed by atoms with E-state index in [0.29, 0.717) is 0 Å². The van der Waals surface area contributed by atoms with Gasteiger partial charge in [0.2, 0.25) is 0 Å². The molecule has 66 valence electrons. The van der Waals surface area contributed by atoms with Crippen LogP contribution in [0.25, 0.3) is 0 Å². The second-order valence-electron chi connectivity index (χ2n) is 4.37. The Bertz CT molecular complexity index is 251. The molecule has 1 aliphatic carbocycles. The molecule has 12 heavy (non-hydrogen) atoms. The van der Waals surface area contributed by atoms with Gasteiger partial charge in [-0.05, 0) is 18.9 Å². The van der Waals surface area contributed by atoms with Crippen LogP contribution in [0.5, 0.6) is 0 Å². The summed E-state index contributed by atoms with van der Waals surface area (Å²) in [5.41, 5.74) is 2.39. The summed E-state index contributed by atoms with van der Waals surface area (Å²) in [5, 5.41) is 9.82. The lowest BCUT2D eigenvalue weighted by molar-refractivity contribution is 0.153. The molecule has 0 amide bonds. The molecule has 0 heterocycles. The molecule has 0 saturated carbocycles. The Hall–Kier alpha value is -0.523. The summed E-state index contributed by atoms with van der Waals surface area (Å²) in [6, 6.07) is 0. The van der Waals surface area contributed by atoms with Crippen LogP contribution in [0.4, 0.5) is 0 Å². The maximum Gasteiger partial charge on any atom is 0.143 e. The zero-order valence-corrected chi connectivity index (χ0v) is 9.02. The van der Waals surface area contributed by atoms with E-state index in [9.17, 15) is 5.11 Å². The Morgan fingerprint density at radius 3 is 2.50 bits per heavy atom. The molecular weight excluding hydrogens is 164 g/mol. The van der Waals surface area contributed by atoms with Crippen molar-refractivity contribution < 1.29 is 5.11 Å². The molecule has 1 nitrogen and oxygen atoms in total. The first-order chi connectivity index (χ1) is 5.41. The second kappa shape index (κ2) is 3.08. The second-order valence-corrected chi connectivity index (χ2v) is 9.12. The lowest BCUT2D eigenvalue weighted by Crippen LogP contribution is -2.23. The molecule has 0 spiro atoms. The largest absolute Gasteiger partial charge is 0.374 e. The van der Waals surface area contributed by atoms with E-state index in [4.69, 9.17) is 0 Å². The predicted molar refractivity (Wildman–Crippen MR) is 54.4 cm³/mol. The van der Waals surface area contributed by atoms with Gasteiger partial charge in [-0.15, -0.1) is 5.54 Å². The third kappa shape index (κ3) is 2.84. The van der Waals surface area contributed by atoms with Gasteiger partial charge in [0.25, 0.3) is 0 Å². The van der Waals surface area contributed by atoms with Crippen LogP contribution in [0.2, 0.25) is 19.6 Å². The summed E-state index contributed by atoms with van der Waals surface area (Å²) in [4.78, 5) is 0. The summed E-state index contributed by atoms with van der Waals surface area (Å²) >= 11 is 0. The van der Waals surface area contributed by atoms with Gasteiger partial charge in [-0.3, -0.25) is 0 Å². The number of rotatable bonds is 0. The number of aliphatic hydroxyl groups is 1. The van der Waals surface area contributed by atoms with E-state index < -0.39 is 13.7 Å². The molecule has 0 saturated heterocycles. The predicted octanol–water partition coefficient (Wildman–Crippen LogP) is 1.95. The molecule has 0 fully saturated rings. The molecule has 0 bridgehead atoms. The quantitative estimate of drug-likeness (QED) is 0.343. The van der Waals surface area contributed by atoms with Crippen LogP contribution in [-0.2, 0) is 0 Å². The lowest BCUT2D eigenvalue weighted by Gasteiger charge is -2.13. The van der Waals surface area contributed by atoms with E-state index in [2.05, 4.69) is 31.1 Å². The highest BCUT2D eigenvalue weighted by molar-refractivity contribution is 6.83. The van der Waals surface area contributed by atoms with Crippen LogP contribution in [-0.4, -0.2) is 18.8 Å². The third-order valence-electron chi connectivity index (χ3n) is 1.74. The van der Waals surface area contributed by atoms with Crippen molar-refractivity contribution in [3.05, 3.63) is 12.2 Å². The molecule has 2 heteroatoms. The lowest BCUT2D eigenvalue weighted by atomic mass is 10.1. The molecule has 0 aromatic carbocycles. The minimum Gasteiger partial charge on any atom is -0.374 e. The van der Waals surface area contributed by atoms with Gasteiger partial charge in [0, 0.05) is 0 Å². The molecule has 0 radical (unpaired) electrons. The van der Waals surface area contributed by atoms with E-state index in [-0.39, 0.29) is 0 Å². The SMILES string of the molecule is C[Si](C)(C)C#CC1(O)C=CCC1. The van der Waals surface area contributed by atoms with Crippen LogP contribution in [0.15, 0.2) is 12.2 Å². The van der Waals surface area contributed by atoms with E-state index in [1.54, 1.807) is 0 Å². The Morgan fingerprint density at radius 2 is 2.08 bits per heavy atom. The molecule has 0 aromatic heterocycles. The fourth-order valence-electron chi connectivity index (χ4n) is 1.06. The van der Waals surface area contributed by atoms with Gasteiger partial charge in [-0.25, -0.2) is 0 Å². The Morgan fingerprint density at radius 1 is 1.42 bits per heavy atom. The highest BCUT2D eigenvalue weighted by Crippen LogP contribution is 2.21. The molecule has 1 aliphatic rings. The maximum absolute atomic E-state index is 9.82. The number of hydrogen-bond donors (Lipinski definition) is 1. The molecule has 1 atom stereocenters.